The first-order valence-electron chi connectivity index (χ1n) is 10.1. The maximum absolute atomic E-state index is 5.22. The molecule has 0 radical (unpaired) electrons. The van der Waals surface area contributed by atoms with Gasteiger partial charge in [0.2, 0.25) is 0 Å². The summed E-state index contributed by atoms with van der Waals surface area (Å²) in [6.07, 6.45) is 15.9. The van der Waals surface area contributed by atoms with Crippen molar-refractivity contribution in [2.24, 2.45) is 0 Å². The van der Waals surface area contributed by atoms with Gasteiger partial charge < -0.3 is 13.3 Å². The molecular weight excluding hydrogens is 304 g/mol. The summed E-state index contributed by atoms with van der Waals surface area (Å²) in [5.41, 5.74) is 0. The van der Waals surface area contributed by atoms with Gasteiger partial charge >= 0.3 is 9.53 Å². The van der Waals surface area contributed by atoms with E-state index in [1.54, 1.807) is 0 Å². The van der Waals surface area contributed by atoms with E-state index >= 15 is 0 Å². The topological polar surface area (TPSA) is 27.7 Å². The van der Waals surface area contributed by atoms with E-state index in [1.165, 1.54) is 70.6 Å². The van der Waals surface area contributed by atoms with Crippen LogP contribution in [0.2, 0.25) is 0 Å². The molecule has 4 heteroatoms. The molecule has 0 heterocycles. The summed E-state index contributed by atoms with van der Waals surface area (Å²) in [6, 6.07) is 0. The second-order valence-electron chi connectivity index (χ2n) is 5.84. The van der Waals surface area contributed by atoms with Gasteiger partial charge in [-0.2, -0.15) is 0 Å². The summed E-state index contributed by atoms with van der Waals surface area (Å²) < 4.78 is 15.7. The van der Waals surface area contributed by atoms with Crippen LogP contribution in [-0.4, -0.2) is 29.3 Å². The second-order valence-corrected chi connectivity index (χ2v) is 7.41. The van der Waals surface area contributed by atoms with Crippen molar-refractivity contribution in [2.75, 3.05) is 19.8 Å². The van der Waals surface area contributed by atoms with Crippen molar-refractivity contribution in [1.29, 1.82) is 0 Å². The Hall–Kier alpha value is 0.0969. The molecule has 0 aliphatic heterocycles. The summed E-state index contributed by atoms with van der Waals surface area (Å²) in [7, 11) is -1.73. The molecule has 0 spiro atoms. The highest BCUT2D eigenvalue weighted by molar-refractivity contribution is 6.36. The molecule has 0 aliphatic carbocycles. The van der Waals surface area contributed by atoms with E-state index in [4.69, 9.17) is 13.3 Å². The SMILES string of the molecule is CCCCCCCCCCCCC.CCO[SiH](OCC)OCC. The first-order chi connectivity index (χ1) is 11.3. The van der Waals surface area contributed by atoms with Gasteiger partial charge in [0.15, 0.2) is 0 Å². The number of unbranched alkanes of at least 4 members (excludes halogenated alkanes) is 10. The smallest absolute Gasteiger partial charge is 0.376 e. The zero-order valence-corrected chi connectivity index (χ0v) is 17.9. The molecule has 0 saturated carbocycles. The average Bonchev–Trinajstić information content (AvgIpc) is 2.55. The van der Waals surface area contributed by atoms with Crippen molar-refractivity contribution in [3.8, 4) is 0 Å². The van der Waals surface area contributed by atoms with Crippen molar-refractivity contribution >= 4 is 9.53 Å². The minimum absolute atomic E-state index is 0.677. The predicted octanol–water partition coefficient (Wildman–Crippen LogP) is 6.13. The molecule has 0 fully saturated rings. The van der Waals surface area contributed by atoms with Crippen LogP contribution in [0.5, 0.6) is 0 Å². The van der Waals surface area contributed by atoms with E-state index in [1.807, 2.05) is 20.8 Å². The Kier molecular flexibility index (Phi) is 26.8. The summed E-state index contributed by atoms with van der Waals surface area (Å²) in [4.78, 5) is 0. The van der Waals surface area contributed by atoms with Crippen LogP contribution in [0.15, 0.2) is 0 Å². The van der Waals surface area contributed by atoms with Gasteiger partial charge in [-0.05, 0) is 20.8 Å². The van der Waals surface area contributed by atoms with E-state index < -0.39 is 9.53 Å². The zero-order chi connectivity index (χ0) is 17.6. The number of rotatable bonds is 16. The Balaban J connectivity index is 0. The largest absolute Gasteiger partial charge is 0.484 e. The van der Waals surface area contributed by atoms with Crippen molar-refractivity contribution < 1.29 is 13.3 Å². The molecule has 0 bridgehead atoms. The van der Waals surface area contributed by atoms with Crippen molar-refractivity contribution in [3.63, 3.8) is 0 Å². The molecule has 0 aliphatic rings. The minimum atomic E-state index is -1.73. The molecule has 0 atom stereocenters. The Morgan fingerprint density at radius 3 is 0.913 bits per heavy atom. The van der Waals surface area contributed by atoms with Crippen molar-refractivity contribution in [2.45, 2.75) is 105 Å². The predicted molar refractivity (Wildman–Crippen MR) is 104 cm³/mol. The van der Waals surface area contributed by atoms with Crippen molar-refractivity contribution in [3.05, 3.63) is 0 Å². The monoisotopic (exact) mass is 348 g/mol. The Labute approximate surface area is 148 Å². The molecule has 0 rings (SSSR count). The van der Waals surface area contributed by atoms with Crippen LogP contribution in [0.25, 0.3) is 0 Å². The molecule has 142 valence electrons. The highest BCUT2D eigenvalue weighted by Gasteiger charge is 2.11. The molecule has 0 aromatic heterocycles. The average molecular weight is 349 g/mol. The Bertz CT molecular complexity index is 167. The number of hydrogen-bond donors (Lipinski definition) is 0. The van der Waals surface area contributed by atoms with Crippen LogP contribution in [0.3, 0.4) is 0 Å². The van der Waals surface area contributed by atoms with Crippen LogP contribution in [0.1, 0.15) is 105 Å². The molecule has 3 nitrogen and oxygen atoms in total. The molecule has 0 aromatic rings. The van der Waals surface area contributed by atoms with Crippen LogP contribution >= 0.6 is 0 Å². The molecular formula is C19H44O3Si. The maximum atomic E-state index is 5.22. The van der Waals surface area contributed by atoms with E-state index in [-0.39, 0.29) is 0 Å². The van der Waals surface area contributed by atoms with Crippen LogP contribution in [-0.2, 0) is 13.3 Å². The number of hydrogen-bond acceptors (Lipinski definition) is 3. The van der Waals surface area contributed by atoms with E-state index in [0.29, 0.717) is 19.8 Å². The fourth-order valence-corrected chi connectivity index (χ4v) is 3.40. The van der Waals surface area contributed by atoms with Gasteiger partial charge in [0.25, 0.3) is 0 Å². The van der Waals surface area contributed by atoms with E-state index in [0.717, 1.165) is 0 Å². The van der Waals surface area contributed by atoms with E-state index in [2.05, 4.69) is 13.8 Å². The fourth-order valence-electron chi connectivity index (χ4n) is 2.29. The van der Waals surface area contributed by atoms with Crippen molar-refractivity contribution in [1.82, 2.24) is 0 Å². The second kappa shape index (κ2) is 24.4. The molecule has 0 saturated heterocycles. The van der Waals surface area contributed by atoms with Crippen LogP contribution in [0, 0.1) is 0 Å². The minimum Gasteiger partial charge on any atom is -0.376 e. The molecule has 0 amide bonds. The lowest BCUT2D eigenvalue weighted by Crippen LogP contribution is -2.27. The van der Waals surface area contributed by atoms with Crippen LogP contribution in [0.4, 0.5) is 0 Å². The van der Waals surface area contributed by atoms with E-state index in [9.17, 15) is 0 Å². The highest BCUT2D eigenvalue weighted by Crippen LogP contribution is 2.10. The van der Waals surface area contributed by atoms with Gasteiger partial charge in [-0.15, -0.1) is 0 Å². The van der Waals surface area contributed by atoms with Gasteiger partial charge in [0, 0.05) is 19.8 Å². The zero-order valence-electron chi connectivity index (χ0n) is 16.7. The summed E-state index contributed by atoms with van der Waals surface area (Å²) in [6.45, 7) is 12.4. The fraction of sp³-hybridized carbons (Fsp3) is 1.00. The third kappa shape index (κ3) is 24.5. The van der Waals surface area contributed by atoms with Gasteiger partial charge in [-0.3, -0.25) is 0 Å². The lowest BCUT2D eigenvalue weighted by atomic mass is 10.1. The molecule has 0 aromatic carbocycles. The Morgan fingerprint density at radius 1 is 0.435 bits per heavy atom. The summed E-state index contributed by atoms with van der Waals surface area (Å²) in [5.74, 6) is 0. The third-order valence-electron chi connectivity index (χ3n) is 3.62. The first kappa shape index (κ1) is 25.3. The van der Waals surface area contributed by atoms with Crippen LogP contribution < -0.4 is 0 Å². The van der Waals surface area contributed by atoms with Gasteiger partial charge in [-0.25, -0.2) is 0 Å². The summed E-state index contributed by atoms with van der Waals surface area (Å²) >= 11 is 0. The third-order valence-corrected chi connectivity index (χ3v) is 5.43. The lowest BCUT2D eigenvalue weighted by molar-refractivity contribution is 0.107. The van der Waals surface area contributed by atoms with Gasteiger partial charge in [0.1, 0.15) is 0 Å². The maximum Gasteiger partial charge on any atom is 0.484 e. The molecule has 0 unspecified atom stereocenters. The molecule has 0 N–H and O–H groups in total. The van der Waals surface area contributed by atoms with Gasteiger partial charge in [0.05, 0.1) is 0 Å². The normalized spacial score (nSPS) is 10.7. The molecule has 23 heavy (non-hydrogen) atoms. The lowest BCUT2D eigenvalue weighted by Gasteiger charge is -2.12. The Morgan fingerprint density at radius 2 is 0.696 bits per heavy atom. The highest BCUT2D eigenvalue weighted by atomic mass is 28.3. The first-order valence-corrected chi connectivity index (χ1v) is 11.5. The summed E-state index contributed by atoms with van der Waals surface area (Å²) in [5, 5.41) is 0. The van der Waals surface area contributed by atoms with Gasteiger partial charge in [-0.1, -0.05) is 84.5 Å². The standard InChI is InChI=1S/C13H28.C6H16O3Si/c1-3-5-7-9-11-13-12-10-8-6-4-2;1-4-7-10(8-5-2)9-6-3/h3-13H2,1-2H3;10H,4-6H2,1-3H3. The quantitative estimate of drug-likeness (QED) is 0.248.